The monoisotopic (exact) mass is 601 g/mol. The van der Waals surface area contributed by atoms with E-state index in [1.165, 1.54) is 21.5 Å². The molecule has 3 nitrogen and oxygen atoms in total. The lowest BCUT2D eigenvalue weighted by molar-refractivity contribution is 0.668. The topological polar surface area (TPSA) is 29.5 Å². The molecule has 0 amide bonds. The van der Waals surface area contributed by atoms with Crippen LogP contribution in [0.1, 0.15) is 0 Å². The van der Waals surface area contributed by atoms with E-state index in [9.17, 15) is 0 Å². The van der Waals surface area contributed by atoms with Gasteiger partial charge >= 0.3 is 0 Å². The van der Waals surface area contributed by atoms with Crippen molar-refractivity contribution < 1.29 is 8.83 Å². The molecule has 0 bridgehead atoms. The summed E-state index contributed by atoms with van der Waals surface area (Å²) in [6.07, 6.45) is 0. The van der Waals surface area contributed by atoms with Crippen LogP contribution < -0.4 is 4.90 Å². The van der Waals surface area contributed by atoms with Gasteiger partial charge in [-0.1, -0.05) is 127 Å². The standard InChI is InChI=1S/C44H27NO2/c1-2-12-28(13-3-1)32-26-27-37(42-35-18-7-9-23-40(35)47-44(32)42)45(38-21-11-19-34-33-17-6-8-22-39(33)46-43(34)38)36-20-10-15-30-25-24-29-14-4-5-16-31(29)41(30)36/h1-27H. The van der Waals surface area contributed by atoms with Crippen molar-refractivity contribution >= 4 is 82.5 Å². The first kappa shape index (κ1) is 26.0. The molecule has 10 aromatic rings. The van der Waals surface area contributed by atoms with Crippen molar-refractivity contribution in [3.63, 3.8) is 0 Å². The fraction of sp³-hybridized carbons (Fsp3) is 0. The SMILES string of the molecule is c1ccc(-c2ccc(N(c3cccc4c3oc3ccccc34)c3cccc4ccc5ccccc5c34)c3c2oc2ccccc23)cc1. The van der Waals surface area contributed by atoms with E-state index in [0.29, 0.717) is 0 Å². The van der Waals surface area contributed by atoms with Gasteiger partial charge in [0.05, 0.1) is 22.4 Å². The van der Waals surface area contributed by atoms with Crippen LogP contribution in [0.25, 0.3) is 76.5 Å². The number of hydrogen-bond acceptors (Lipinski definition) is 3. The first-order valence-corrected chi connectivity index (χ1v) is 15.9. The molecule has 0 fully saturated rings. The van der Waals surface area contributed by atoms with Crippen LogP contribution in [0.4, 0.5) is 17.1 Å². The molecule has 2 aromatic heterocycles. The average molecular weight is 602 g/mol. The molecule has 0 radical (unpaired) electrons. The van der Waals surface area contributed by atoms with Crippen LogP contribution >= 0.6 is 0 Å². The molecule has 220 valence electrons. The van der Waals surface area contributed by atoms with E-state index in [1.807, 2.05) is 24.3 Å². The van der Waals surface area contributed by atoms with Gasteiger partial charge in [-0.05, 0) is 58.1 Å². The molecule has 0 spiro atoms. The van der Waals surface area contributed by atoms with Gasteiger partial charge in [0, 0.05) is 27.1 Å². The second-order valence-corrected chi connectivity index (χ2v) is 12.1. The summed E-state index contributed by atoms with van der Waals surface area (Å²) in [5.41, 5.74) is 8.69. The van der Waals surface area contributed by atoms with Crippen LogP contribution in [0, 0.1) is 0 Å². The zero-order valence-corrected chi connectivity index (χ0v) is 25.4. The largest absolute Gasteiger partial charge is 0.455 e. The Hall–Kier alpha value is -6.32. The lowest BCUT2D eigenvalue weighted by atomic mass is 9.97. The van der Waals surface area contributed by atoms with E-state index in [0.717, 1.165) is 72.1 Å². The number of para-hydroxylation sites is 3. The summed E-state index contributed by atoms with van der Waals surface area (Å²) < 4.78 is 13.5. The molecule has 8 aromatic carbocycles. The molecule has 47 heavy (non-hydrogen) atoms. The average Bonchev–Trinajstić information content (AvgIpc) is 3.72. The third-order valence-corrected chi connectivity index (χ3v) is 9.44. The quantitative estimate of drug-likeness (QED) is 0.188. The van der Waals surface area contributed by atoms with Gasteiger partial charge in [0.2, 0.25) is 0 Å². The van der Waals surface area contributed by atoms with E-state index < -0.39 is 0 Å². The van der Waals surface area contributed by atoms with Crippen LogP contribution in [-0.2, 0) is 0 Å². The molecule has 0 aliphatic carbocycles. The number of anilines is 3. The van der Waals surface area contributed by atoms with Crippen molar-refractivity contribution in [1.29, 1.82) is 0 Å². The summed E-state index contributed by atoms with van der Waals surface area (Å²) >= 11 is 0. The molecular weight excluding hydrogens is 574 g/mol. The fourth-order valence-electron chi connectivity index (χ4n) is 7.37. The molecule has 0 aliphatic heterocycles. The number of benzene rings is 8. The van der Waals surface area contributed by atoms with E-state index in [-0.39, 0.29) is 0 Å². The van der Waals surface area contributed by atoms with Gasteiger partial charge in [-0.2, -0.15) is 0 Å². The van der Waals surface area contributed by atoms with Crippen LogP contribution in [0.2, 0.25) is 0 Å². The van der Waals surface area contributed by atoms with E-state index in [2.05, 4.69) is 144 Å². The molecule has 3 heteroatoms. The molecular formula is C44H27NO2. The highest BCUT2D eigenvalue weighted by atomic mass is 16.3. The predicted molar refractivity (Wildman–Crippen MR) is 196 cm³/mol. The van der Waals surface area contributed by atoms with Crippen molar-refractivity contribution in [3.8, 4) is 11.1 Å². The smallest absolute Gasteiger partial charge is 0.159 e. The van der Waals surface area contributed by atoms with Crippen LogP contribution in [0.5, 0.6) is 0 Å². The minimum atomic E-state index is 0.846. The maximum absolute atomic E-state index is 6.74. The molecule has 0 unspecified atom stereocenters. The van der Waals surface area contributed by atoms with Gasteiger partial charge in [-0.3, -0.25) is 0 Å². The lowest BCUT2D eigenvalue weighted by Crippen LogP contribution is -2.11. The summed E-state index contributed by atoms with van der Waals surface area (Å²) in [5, 5.41) is 9.09. The highest BCUT2D eigenvalue weighted by Gasteiger charge is 2.26. The highest BCUT2D eigenvalue weighted by Crippen LogP contribution is 2.50. The number of fused-ring (bicyclic) bond motifs is 9. The van der Waals surface area contributed by atoms with Gasteiger partial charge in [0.15, 0.2) is 5.58 Å². The number of hydrogen-bond donors (Lipinski definition) is 0. The Morgan fingerprint density at radius 2 is 0.936 bits per heavy atom. The van der Waals surface area contributed by atoms with Crippen molar-refractivity contribution in [2.24, 2.45) is 0 Å². The molecule has 2 heterocycles. The van der Waals surface area contributed by atoms with Crippen LogP contribution in [0.3, 0.4) is 0 Å². The summed E-state index contributed by atoms with van der Waals surface area (Å²) in [4.78, 5) is 2.39. The summed E-state index contributed by atoms with van der Waals surface area (Å²) in [6.45, 7) is 0. The number of furan rings is 2. The maximum Gasteiger partial charge on any atom is 0.159 e. The second-order valence-electron chi connectivity index (χ2n) is 12.1. The zero-order chi connectivity index (χ0) is 30.9. The van der Waals surface area contributed by atoms with E-state index in [4.69, 9.17) is 8.83 Å². The Balaban J connectivity index is 1.38. The highest BCUT2D eigenvalue weighted by molar-refractivity contribution is 6.22. The summed E-state index contributed by atoms with van der Waals surface area (Å²) in [7, 11) is 0. The van der Waals surface area contributed by atoms with E-state index >= 15 is 0 Å². The zero-order valence-electron chi connectivity index (χ0n) is 25.4. The first-order valence-electron chi connectivity index (χ1n) is 15.9. The first-order chi connectivity index (χ1) is 23.3. The Kier molecular flexibility index (Phi) is 5.57. The number of rotatable bonds is 4. The van der Waals surface area contributed by atoms with Crippen LogP contribution in [-0.4, -0.2) is 0 Å². The Morgan fingerprint density at radius 3 is 1.81 bits per heavy atom. The van der Waals surface area contributed by atoms with Gasteiger partial charge in [-0.25, -0.2) is 0 Å². The third-order valence-electron chi connectivity index (χ3n) is 9.44. The normalized spacial score (nSPS) is 11.8. The molecule has 10 rings (SSSR count). The predicted octanol–water partition coefficient (Wildman–Crippen LogP) is 12.9. The fourth-order valence-corrected chi connectivity index (χ4v) is 7.37. The van der Waals surface area contributed by atoms with Gasteiger partial charge in [0.1, 0.15) is 16.7 Å². The Labute approximate surface area is 270 Å². The molecule has 0 aliphatic rings. The van der Waals surface area contributed by atoms with Gasteiger partial charge in [-0.15, -0.1) is 0 Å². The van der Waals surface area contributed by atoms with Crippen molar-refractivity contribution in [2.45, 2.75) is 0 Å². The second kappa shape index (κ2) is 10.1. The van der Waals surface area contributed by atoms with Crippen molar-refractivity contribution in [2.75, 3.05) is 4.90 Å². The molecule has 0 N–H and O–H groups in total. The minimum absolute atomic E-state index is 0.846. The number of nitrogens with zero attached hydrogens (tertiary/aromatic N) is 1. The van der Waals surface area contributed by atoms with E-state index in [1.54, 1.807) is 0 Å². The molecule has 0 atom stereocenters. The van der Waals surface area contributed by atoms with Crippen molar-refractivity contribution in [3.05, 3.63) is 164 Å². The van der Waals surface area contributed by atoms with Gasteiger partial charge in [0.25, 0.3) is 0 Å². The van der Waals surface area contributed by atoms with Crippen molar-refractivity contribution in [1.82, 2.24) is 0 Å². The Bertz CT molecular complexity index is 2810. The molecule has 0 saturated heterocycles. The molecule has 0 saturated carbocycles. The maximum atomic E-state index is 6.74. The summed E-state index contributed by atoms with van der Waals surface area (Å²) in [6, 6.07) is 57.7. The third kappa shape index (κ3) is 3.87. The Morgan fingerprint density at radius 1 is 0.340 bits per heavy atom. The minimum Gasteiger partial charge on any atom is -0.455 e. The van der Waals surface area contributed by atoms with Gasteiger partial charge < -0.3 is 13.7 Å². The summed E-state index contributed by atoms with van der Waals surface area (Å²) in [5.74, 6) is 0. The van der Waals surface area contributed by atoms with Crippen LogP contribution in [0.15, 0.2) is 173 Å². The lowest BCUT2D eigenvalue weighted by Gasteiger charge is -2.28.